The second-order valence-corrected chi connectivity index (χ2v) is 8.26. The van der Waals surface area contributed by atoms with E-state index in [1.807, 2.05) is 0 Å². The van der Waals surface area contributed by atoms with Crippen molar-refractivity contribution in [2.24, 2.45) is 22.7 Å². The van der Waals surface area contributed by atoms with Crippen LogP contribution in [0.3, 0.4) is 0 Å². The SMILES string of the molecule is CCCCC(C)(C)C(C)(C)CCC(C)CC(C)CC. The Hall–Kier alpha value is 0. The smallest absolute Gasteiger partial charge is 0.0303 e. The van der Waals surface area contributed by atoms with Gasteiger partial charge in [-0.1, -0.05) is 81.1 Å². The summed E-state index contributed by atoms with van der Waals surface area (Å²) in [5.41, 5.74) is 0.936. The quantitative estimate of drug-likeness (QED) is 0.397. The molecule has 116 valence electrons. The fourth-order valence-electron chi connectivity index (χ4n) is 2.87. The standard InChI is InChI=1S/C19H40/c1-9-11-13-18(5,6)19(7,8)14-12-17(4)15-16(3)10-2/h16-17H,9-15H2,1-8H3. The molecule has 0 N–H and O–H groups in total. The van der Waals surface area contributed by atoms with E-state index >= 15 is 0 Å². The molecule has 2 atom stereocenters. The topological polar surface area (TPSA) is 0 Å². The van der Waals surface area contributed by atoms with Crippen molar-refractivity contribution < 1.29 is 0 Å². The molecule has 0 aromatic rings. The molecule has 0 heterocycles. The lowest BCUT2D eigenvalue weighted by molar-refractivity contribution is 0.0768. The highest BCUT2D eigenvalue weighted by Crippen LogP contribution is 2.46. The molecule has 0 bridgehead atoms. The van der Waals surface area contributed by atoms with Crippen LogP contribution < -0.4 is 0 Å². The van der Waals surface area contributed by atoms with Crippen molar-refractivity contribution in [3.05, 3.63) is 0 Å². The summed E-state index contributed by atoms with van der Waals surface area (Å²) in [5.74, 6) is 1.78. The third-order valence-corrected chi connectivity index (χ3v) is 5.75. The molecule has 0 aliphatic carbocycles. The fourth-order valence-corrected chi connectivity index (χ4v) is 2.87. The second-order valence-electron chi connectivity index (χ2n) is 8.26. The molecule has 0 aliphatic heterocycles. The lowest BCUT2D eigenvalue weighted by Gasteiger charge is -2.43. The van der Waals surface area contributed by atoms with Crippen LogP contribution in [0.4, 0.5) is 0 Å². The third kappa shape index (κ3) is 6.82. The van der Waals surface area contributed by atoms with Crippen molar-refractivity contribution >= 4 is 0 Å². The number of hydrogen-bond donors (Lipinski definition) is 0. The van der Waals surface area contributed by atoms with E-state index < -0.39 is 0 Å². The molecular weight excluding hydrogens is 228 g/mol. The summed E-state index contributed by atoms with van der Waals surface area (Å²) in [6, 6.07) is 0. The molecule has 0 amide bonds. The first-order valence-electron chi connectivity index (χ1n) is 8.66. The Bertz CT molecular complexity index is 224. The van der Waals surface area contributed by atoms with E-state index in [2.05, 4.69) is 55.4 Å². The molecule has 0 rings (SSSR count). The minimum Gasteiger partial charge on any atom is -0.0654 e. The zero-order valence-corrected chi connectivity index (χ0v) is 15.1. The average molecular weight is 269 g/mol. The zero-order valence-electron chi connectivity index (χ0n) is 15.1. The molecule has 0 aromatic heterocycles. The first-order chi connectivity index (χ1) is 8.66. The summed E-state index contributed by atoms with van der Waals surface area (Å²) in [6.07, 6.45) is 9.57. The van der Waals surface area contributed by atoms with Gasteiger partial charge in [0, 0.05) is 0 Å². The van der Waals surface area contributed by atoms with Gasteiger partial charge in [0.15, 0.2) is 0 Å². The van der Waals surface area contributed by atoms with E-state index in [1.54, 1.807) is 0 Å². The highest BCUT2D eigenvalue weighted by molar-refractivity contribution is 4.86. The van der Waals surface area contributed by atoms with Gasteiger partial charge in [-0.2, -0.15) is 0 Å². The van der Waals surface area contributed by atoms with Gasteiger partial charge in [0.1, 0.15) is 0 Å². The second kappa shape index (κ2) is 8.32. The van der Waals surface area contributed by atoms with Crippen molar-refractivity contribution in [1.29, 1.82) is 0 Å². The molecular formula is C19H40. The van der Waals surface area contributed by atoms with Crippen LogP contribution >= 0.6 is 0 Å². The van der Waals surface area contributed by atoms with Gasteiger partial charge in [-0.05, 0) is 41.9 Å². The Kier molecular flexibility index (Phi) is 8.32. The van der Waals surface area contributed by atoms with E-state index in [0.29, 0.717) is 10.8 Å². The molecule has 19 heavy (non-hydrogen) atoms. The Morgan fingerprint density at radius 3 is 1.79 bits per heavy atom. The maximum Gasteiger partial charge on any atom is -0.0303 e. The van der Waals surface area contributed by atoms with Crippen LogP contribution in [0.1, 0.15) is 100 Å². The first-order valence-corrected chi connectivity index (χ1v) is 8.66. The highest BCUT2D eigenvalue weighted by atomic mass is 14.4. The normalized spacial score (nSPS) is 16.4. The van der Waals surface area contributed by atoms with E-state index in [-0.39, 0.29) is 0 Å². The molecule has 0 aliphatic rings. The molecule has 0 aromatic carbocycles. The van der Waals surface area contributed by atoms with E-state index in [9.17, 15) is 0 Å². The molecule has 0 saturated heterocycles. The molecule has 0 spiro atoms. The Balaban J connectivity index is 4.28. The summed E-state index contributed by atoms with van der Waals surface area (Å²) in [4.78, 5) is 0. The highest BCUT2D eigenvalue weighted by Gasteiger charge is 2.35. The Labute approximate surface area is 123 Å². The molecule has 0 saturated carbocycles. The van der Waals surface area contributed by atoms with Crippen LogP contribution in [-0.2, 0) is 0 Å². The maximum absolute atomic E-state index is 2.48. The first kappa shape index (κ1) is 19.0. The van der Waals surface area contributed by atoms with Gasteiger partial charge in [0.05, 0.1) is 0 Å². The monoisotopic (exact) mass is 268 g/mol. The van der Waals surface area contributed by atoms with Gasteiger partial charge >= 0.3 is 0 Å². The van der Waals surface area contributed by atoms with Gasteiger partial charge in [-0.3, -0.25) is 0 Å². The van der Waals surface area contributed by atoms with Crippen molar-refractivity contribution in [1.82, 2.24) is 0 Å². The summed E-state index contributed by atoms with van der Waals surface area (Å²) < 4.78 is 0. The maximum atomic E-state index is 2.48. The molecule has 0 nitrogen and oxygen atoms in total. The Morgan fingerprint density at radius 2 is 1.32 bits per heavy atom. The molecule has 0 fully saturated rings. The lowest BCUT2D eigenvalue weighted by Crippen LogP contribution is -2.33. The Morgan fingerprint density at radius 1 is 0.789 bits per heavy atom. The largest absolute Gasteiger partial charge is 0.0654 e. The van der Waals surface area contributed by atoms with Crippen molar-refractivity contribution in [3.8, 4) is 0 Å². The summed E-state index contributed by atoms with van der Waals surface area (Å²) in [7, 11) is 0. The van der Waals surface area contributed by atoms with Crippen molar-refractivity contribution in [3.63, 3.8) is 0 Å². The molecule has 2 unspecified atom stereocenters. The van der Waals surface area contributed by atoms with Crippen molar-refractivity contribution in [2.75, 3.05) is 0 Å². The zero-order chi connectivity index (χ0) is 15.1. The minimum atomic E-state index is 0.464. The average Bonchev–Trinajstić information content (AvgIpc) is 2.33. The summed E-state index contributed by atoms with van der Waals surface area (Å²) >= 11 is 0. The van der Waals surface area contributed by atoms with Crippen LogP contribution in [-0.4, -0.2) is 0 Å². The van der Waals surface area contributed by atoms with E-state index in [1.165, 1.54) is 44.9 Å². The van der Waals surface area contributed by atoms with Crippen LogP contribution in [0.2, 0.25) is 0 Å². The van der Waals surface area contributed by atoms with Crippen LogP contribution in [0.15, 0.2) is 0 Å². The fraction of sp³-hybridized carbons (Fsp3) is 1.00. The van der Waals surface area contributed by atoms with Gasteiger partial charge in [-0.15, -0.1) is 0 Å². The van der Waals surface area contributed by atoms with Gasteiger partial charge < -0.3 is 0 Å². The predicted octanol–water partition coefficient (Wildman–Crippen LogP) is 7.08. The molecule has 0 heteroatoms. The summed E-state index contributed by atoms with van der Waals surface area (Å²) in [6.45, 7) is 19.4. The summed E-state index contributed by atoms with van der Waals surface area (Å²) in [5, 5.41) is 0. The van der Waals surface area contributed by atoms with Gasteiger partial charge in [0.2, 0.25) is 0 Å². The van der Waals surface area contributed by atoms with Gasteiger partial charge in [-0.25, -0.2) is 0 Å². The number of hydrogen-bond acceptors (Lipinski definition) is 0. The van der Waals surface area contributed by atoms with Crippen molar-refractivity contribution in [2.45, 2.75) is 100 Å². The predicted molar refractivity (Wildman–Crippen MR) is 89.6 cm³/mol. The number of rotatable bonds is 10. The third-order valence-electron chi connectivity index (χ3n) is 5.75. The molecule has 0 radical (unpaired) electrons. The minimum absolute atomic E-state index is 0.464. The van der Waals surface area contributed by atoms with E-state index in [4.69, 9.17) is 0 Å². The van der Waals surface area contributed by atoms with Crippen LogP contribution in [0, 0.1) is 22.7 Å². The van der Waals surface area contributed by atoms with E-state index in [0.717, 1.165) is 11.8 Å². The lowest BCUT2D eigenvalue weighted by atomic mass is 9.63. The van der Waals surface area contributed by atoms with Crippen LogP contribution in [0.25, 0.3) is 0 Å². The van der Waals surface area contributed by atoms with Crippen LogP contribution in [0.5, 0.6) is 0 Å². The number of unbranched alkanes of at least 4 members (excludes halogenated alkanes) is 1. The van der Waals surface area contributed by atoms with Gasteiger partial charge in [0.25, 0.3) is 0 Å².